The number of carbonyl (C=O) groups excluding carboxylic acids is 3. The summed E-state index contributed by atoms with van der Waals surface area (Å²) in [6.07, 6.45) is 1.48. The molecule has 1 aromatic carbocycles. The second kappa shape index (κ2) is 11.7. The van der Waals surface area contributed by atoms with Gasteiger partial charge in [0, 0.05) is 35.9 Å². The SMILES string of the molecule is CCOC(=O)C1CCCN(C(=O)CN(C)C(=O)CSCc2ccc(Cl)cc2Cl)C1. The lowest BCUT2D eigenvalue weighted by Gasteiger charge is -2.32. The van der Waals surface area contributed by atoms with Crippen LogP contribution in [0.2, 0.25) is 10.0 Å². The van der Waals surface area contributed by atoms with E-state index < -0.39 is 0 Å². The van der Waals surface area contributed by atoms with E-state index in [0.29, 0.717) is 35.5 Å². The molecule has 160 valence electrons. The van der Waals surface area contributed by atoms with Gasteiger partial charge in [0.05, 0.1) is 24.8 Å². The average Bonchev–Trinajstić information content (AvgIpc) is 2.69. The smallest absolute Gasteiger partial charge is 0.310 e. The van der Waals surface area contributed by atoms with Crippen molar-refractivity contribution in [3.8, 4) is 0 Å². The summed E-state index contributed by atoms with van der Waals surface area (Å²) in [6, 6.07) is 5.28. The van der Waals surface area contributed by atoms with E-state index >= 15 is 0 Å². The van der Waals surface area contributed by atoms with E-state index in [9.17, 15) is 14.4 Å². The van der Waals surface area contributed by atoms with Gasteiger partial charge in [-0.05, 0) is 37.5 Å². The lowest BCUT2D eigenvalue weighted by molar-refractivity contribution is -0.152. The van der Waals surface area contributed by atoms with Crippen molar-refractivity contribution in [3.05, 3.63) is 33.8 Å². The van der Waals surface area contributed by atoms with Crippen molar-refractivity contribution in [2.24, 2.45) is 5.92 Å². The zero-order valence-electron chi connectivity index (χ0n) is 16.7. The molecule has 1 aliphatic rings. The van der Waals surface area contributed by atoms with Crippen LogP contribution in [0.4, 0.5) is 0 Å². The molecule has 6 nitrogen and oxygen atoms in total. The van der Waals surface area contributed by atoms with Crippen molar-refractivity contribution in [3.63, 3.8) is 0 Å². The quantitative estimate of drug-likeness (QED) is 0.555. The minimum Gasteiger partial charge on any atom is -0.466 e. The Balaban J connectivity index is 1.77. The highest BCUT2D eigenvalue weighted by molar-refractivity contribution is 7.99. The zero-order valence-corrected chi connectivity index (χ0v) is 19.0. The number of amides is 2. The van der Waals surface area contributed by atoms with Crippen molar-refractivity contribution in [1.82, 2.24) is 9.80 Å². The Kier molecular flexibility index (Phi) is 9.59. The van der Waals surface area contributed by atoms with Crippen LogP contribution in [0.25, 0.3) is 0 Å². The van der Waals surface area contributed by atoms with Gasteiger partial charge in [-0.3, -0.25) is 14.4 Å². The number of esters is 1. The number of piperidine rings is 1. The highest BCUT2D eigenvalue weighted by Crippen LogP contribution is 2.25. The fraction of sp³-hybridized carbons (Fsp3) is 0.550. The van der Waals surface area contributed by atoms with Gasteiger partial charge in [0.2, 0.25) is 11.8 Å². The third kappa shape index (κ3) is 7.39. The summed E-state index contributed by atoms with van der Waals surface area (Å²) in [7, 11) is 1.61. The number of nitrogens with zero attached hydrogens (tertiary/aromatic N) is 2. The van der Waals surface area contributed by atoms with E-state index in [1.54, 1.807) is 31.0 Å². The second-order valence-electron chi connectivity index (χ2n) is 6.91. The number of rotatable bonds is 8. The number of ether oxygens (including phenoxy) is 1. The van der Waals surface area contributed by atoms with Gasteiger partial charge >= 0.3 is 5.97 Å². The second-order valence-corrected chi connectivity index (χ2v) is 8.74. The maximum atomic E-state index is 12.6. The molecule has 0 bridgehead atoms. The molecule has 0 aliphatic carbocycles. The fourth-order valence-electron chi connectivity index (χ4n) is 3.04. The molecule has 1 unspecified atom stereocenters. The highest BCUT2D eigenvalue weighted by atomic mass is 35.5. The van der Waals surface area contributed by atoms with Crippen LogP contribution >= 0.6 is 35.0 Å². The van der Waals surface area contributed by atoms with E-state index in [2.05, 4.69) is 0 Å². The van der Waals surface area contributed by atoms with Crippen LogP contribution in [0.1, 0.15) is 25.3 Å². The van der Waals surface area contributed by atoms with Gasteiger partial charge < -0.3 is 14.5 Å². The first-order chi connectivity index (χ1) is 13.8. The molecule has 9 heteroatoms. The van der Waals surface area contributed by atoms with Crippen LogP contribution in [-0.2, 0) is 24.9 Å². The Bertz CT molecular complexity index is 747. The van der Waals surface area contributed by atoms with Crippen LogP contribution < -0.4 is 0 Å². The molecule has 2 rings (SSSR count). The van der Waals surface area contributed by atoms with Crippen molar-refractivity contribution in [1.29, 1.82) is 0 Å². The molecule has 29 heavy (non-hydrogen) atoms. The molecule has 0 aromatic heterocycles. The van der Waals surface area contributed by atoms with Crippen molar-refractivity contribution in [2.45, 2.75) is 25.5 Å². The van der Waals surface area contributed by atoms with Gasteiger partial charge in [-0.25, -0.2) is 0 Å². The molecule has 0 spiro atoms. The molecular weight excluding hydrogens is 435 g/mol. The first kappa shape index (κ1) is 23.8. The Morgan fingerprint density at radius 2 is 2.07 bits per heavy atom. The number of likely N-dealkylation sites (N-methyl/N-ethyl adjacent to an activating group) is 1. The number of likely N-dealkylation sites (tertiary alicyclic amines) is 1. The van der Waals surface area contributed by atoms with Gasteiger partial charge in [0.1, 0.15) is 0 Å². The molecule has 1 aromatic rings. The molecular formula is C20H26Cl2N2O4S. The largest absolute Gasteiger partial charge is 0.466 e. The highest BCUT2D eigenvalue weighted by Gasteiger charge is 2.30. The van der Waals surface area contributed by atoms with Crippen molar-refractivity contribution in [2.75, 3.05) is 39.0 Å². The lowest BCUT2D eigenvalue weighted by Crippen LogP contribution is -2.47. The lowest BCUT2D eigenvalue weighted by atomic mass is 9.98. The fourth-order valence-corrected chi connectivity index (χ4v) is 4.57. The van der Waals surface area contributed by atoms with E-state index in [1.807, 2.05) is 6.07 Å². The van der Waals surface area contributed by atoms with Gasteiger partial charge in [-0.15, -0.1) is 11.8 Å². The molecule has 1 heterocycles. The summed E-state index contributed by atoms with van der Waals surface area (Å²) >= 11 is 13.5. The van der Waals surface area contributed by atoms with Gasteiger partial charge in [0.15, 0.2) is 0 Å². The maximum Gasteiger partial charge on any atom is 0.310 e. The number of thioether (sulfide) groups is 1. The predicted octanol–water partition coefficient (Wildman–Crippen LogP) is 3.49. The molecule has 1 atom stereocenters. The Labute approximate surface area is 185 Å². The van der Waals surface area contributed by atoms with E-state index in [1.165, 1.54) is 16.7 Å². The van der Waals surface area contributed by atoms with Crippen LogP contribution in [0.15, 0.2) is 18.2 Å². The van der Waals surface area contributed by atoms with Crippen molar-refractivity contribution >= 4 is 52.7 Å². The summed E-state index contributed by atoms with van der Waals surface area (Å²) in [5.74, 6) is -0.00145. The number of hydrogen-bond donors (Lipinski definition) is 0. The molecule has 0 saturated carbocycles. The van der Waals surface area contributed by atoms with Crippen LogP contribution in [0.5, 0.6) is 0 Å². The first-order valence-electron chi connectivity index (χ1n) is 9.51. The normalized spacial score (nSPS) is 16.4. The zero-order chi connectivity index (χ0) is 21.4. The molecule has 2 amide bonds. The van der Waals surface area contributed by atoms with Gasteiger partial charge in [0.25, 0.3) is 0 Å². The molecule has 1 aliphatic heterocycles. The maximum absolute atomic E-state index is 12.6. The van der Waals surface area contributed by atoms with Crippen LogP contribution in [0, 0.1) is 5.92 Å². The minimum atomic E-state index is -0.284. The minimum absolute atomic E-state index is 0.00333. The summed E-state index contributed by atoms with van der Waals surface area (Å²) in [6.45, 7) is 3.04. The van der Waals surface area contributed by atoms with E-state index in [0.717, 1.165) is 18.4 Å². The molecule has 0 N–H and O–H groups in total. The Morgan fingerprint density at radius 1 is 1.31 bits per heavy atom. The summed E-state index contributed by atoms with van der Waals surface area (Å²) in [4.78, 5) is 39.9. The van der Waals surface area contributed by atoms with Crippen molar-refractivity contribution < 1.29 is 19.1 Å². The number of benzene rings is 1. The van der Waals surface area contributed by atoms with Crippen LogP contribution in [0.3, 0.4) is 0 Å². The number of hydrogen-bond acceptors (Lipinski definition) is 5. The van der Waals surface area contributed by atoms with Crippen LogP contribution in [-0.4, -0.2) is 66.6 Å². The summed E-state index contributed by atoms with van der Waals surface area (Å²) in [5.41, 5.74) is 0.908. The average molecular weight is 461 g/mol. The summed E-state index contributed by atoms with van der Waals surface area (Å²) in [5, 5.41) is 1.14. The number of halogens is 2. The van der Waals surface area contributed by atoms with Gasteiger partial charge in [-0.2, -0.15) is 0 Å². The monoisotopic (exact) mass is 460 g/mol. The van der Waals surface area contributed by atoms with E-state index in [4.69, 9.17) is 27.9 Å². The molecule has 1 fully saturated rings. The first-order valence-corrected chi connectivity index (χ1v) is 11.4. The molecule has 1 saturated heterocycles. The standard InChI is InChI=1S/C20H26Cl2N2O4S/c1-3-28-20(27)14-5-4-8-24(10-14)18(25)11-23(2)19(26)13-29-12-15-6-7-16(21)9-17(15)22/h6-7,9,14H,3-5,8,10-13H2,1-2H3. The Morgan fingerprint density at radius 3 is 2.76 bits per heavy atom. The predicted molar refractivity (Wildman–Crippen MR) is 116 cm³/mol. The number of carbonyl (C=O) groups is 3. The Hall–Kier alpha value is -1.44. The third-order valence-electron chi connectivity index (χ3n) is 4.69. The topological polar surface area (TPSA) is 66.9 Å². The van der Waals surface area contributed by atoms with E-state index in [-0.39, 0.29) is 36.0 Å². The third-order valence-corrected chi connectivity index (χ3v) is 6.24. The molecule has 0 radical (unpaired) electrons. The summed E-state index contributed by atoms with van der Waals surface area (Å²) < 4.78 is 5.06. The van der Waals surface area contributed by atoms with Gasteiger partial charge in [-0.1, -0.05) is 29.3 Å².